The normalized spacial score (nSPS) is 12.3. The SMILES string of the molecule is COC(=O)C(C)CN(CCOCCO)C(=O)/C=C/c1ccco1. The summed E-state index contributed by atoms with van der Waals surface area (Å²) in [6.07, 6.45) is 4.46. The second-order valence-corrected chi connectivity index (χ2v) is 4.89. The summed E-state index contributed by atoms with van der Waals surface area (Å²) in [7, 11) is 1.31. The third-order valence-corrected chi connectivity index (χ3v) is 3.08. The highest BCUT2D eigenvalue weighted by Crippen LogP contribution is 2.06. The fraction of sp³-hybridized carbons (Fsp3) is 0.500. The van der Waals surface area contributed by atoms with Gasteiger partial charge in [0, 0.05) is 19.2 Å². The quantitative estimate of drug-likeness (QED) is 0.391. The van der Waals surface area contributed by atoms with E-state index in [4.69, 9.17) is 14.3 Å². The smallest absolute Gasteiger partial charge is 0.310 e. The number of hydrogen-bond donors (Lipinski definition) is 1. The number of aliphatic hydroxyl groups excluding tert-OH is 1. The fourth-order valence-corrected chi connectivity index (χ4v) is 1.88. The maximum absolute atomic E-state index is 12.3. The molecule has 0 radical (unpaired) electrons. The predicted molar refractivity (Wildman–Crippen MR) is 83.4 cm³/mol. The maximum Gasteiger partial charge on any atom is 0.310 e. The van der Waals surface area contributed by atoms with Crippen molar-refractivity contribution in [1.29, 1.82) is 0 Å². The molecule has 0 bridgehead atoms. The molecule has 1 aromatic rings. The summed E-state index contributed by atoms with van der Waals surface area (Å²) in [4.78, 5) is 25.3. The highest BCUT2D eigenvalue weighted by atomic mass is 16.5. The highest BCUT2D eigenvalue weighted by Gasteiger charge is 2.20. The van der Waals surface area contributed by atoms with Gasteiger partial charge in [-0.2, -0.15) is 0 Å². The van der Waals surface area contributed by atoms with Gasteiger partial charge in [0.1, 0.15) is 5.76 Å². The molecule has 1 unspecified atom stereocenters. The van der Waals surface area contributed by atoms with Gasteiger partial charge >= 0.3 is 5.97 Å². The van der Waals surface area contributed by atoms with E-state index in [1.54, 1.807) is 25.1 Å². The molecule has 1 rings (SSSR count). The van der Waals surface area contributed by atoms with Crippen LogP contribution in [0.25, 0.3) is 6.08 Å². The first-order valence-corrected chi connectivity index (χ1v) is 7.35. The van der Waals surface area contributed by atoms with Gasteiger partial charge in [-0.1, -0.05) is 6.92 Å². The number of hydrogen-bond acceptors (Lipinski definition) is 6. The summed E-state index contributed by atoms with van der Waals surface area (Å²) >= 11 is 0. The molecule has 1 N–H and O–H groups in total. The van der Waals surface area contributed by atoms with Crippen molar-refractivity contribution in [2.45, 2.75) is 6.92 Å². The molecular formula is C16H23NO6. The number of ether oxygens (including phenoxy) is 2. The van der Waals surface area contributed by atoms with E-state index in [1.165, 1.54) is 24.3 Å². The minimum Gasteiger partial charge on any atom is -0.469 e. The van der Waals surface area contributed by atoms with Crippen LogP contribution in [0.1, 0.15) is 12.7 Å². The average molecular weight is 325 g/mol. The monoisotopic (exact) mass is 325 g/mol. The molecule has 7 nitrogen and oxygen atoms in total. The molecule has 0 aliphatic carbocycles. The Balaban J connectivity index is 2.64. The van der Waals surface area contributed by atoms with E-state index in [-0.39, 0.29) is 38.2 Å². The Morgan fingerprint density at radius 3 is 2.83 bits per heavy atom. The van der Waals surface area contributed by atoms with Crippen LogP contribution >= 0.6 is 0 Å². The number of methoxy groups -OCH3 is 1. The minimum absolute atomic E-state index is 0.0785. The van der Waals surface area contributed by atoms with Crippen LogP contribution in [0.3, 0.4) is 0 Å². The molecule has 0 saturated heterocycles. The Bertz CT molecular complexity index is 497. The summed E-state index contributed by atoms with van der Waals surface area (Å²) in [6.45, 7) is 2.62. The van der Waals surface area contributed by atoms with Crippen LogP contribution in [-0.4, -0.2) is 61.9 Å². The first-order valence-electron chi connectivity index (χ1n) is 7.35. The lowest BCUT2D eigenvalue weighted by Crippen LogP contribution is -2.38. The van der Waals surface area contributed by atoms with Crippen molar-refractivity contribution in [3.63, 3.8) is 0 Å². The van der Waals surface area contributed by atoms with E-state index >= 15 is 0 Å². The molecule has 1 heterocycles. The Kier molecular flexibility index (Phi) is 8.71. The number of esters is 1. The Hall–Kier alpha value is -2.12. The molecular weight excluding hydrogens is 302 g/mol. The molecule has 0 saturated carbocycles. The first-order chi connectivity index (χ1) is 11.1. The number of furan rings is 1. The molecule has 0 fully saturated rings. The van der Waals surface area contributed by atoms with Crippen molar-refractivity contribution < 1.29 is 28.6 Å². The fourth-order valence-electron chi connectivity index (χ4n) is 1.88. The van der Waals surface area contributed by atoms with Crippen molar-refractivity contribution in [3.8, 4) is 0 Å². The van der Waals surface area contributed by atoms with Crippen LogP contribution in [0.4, 0.5) is 0 Å². The molecule has 1 amide bonds. The molecule has 1 atom stereocenters. The molecule has 128 valence electrons. The van der Waals surface area contributed by atoms with Crippen LogP contribution in [0.15, 0.2) is 28.9 Å². The van der Waals surface area contributed by atoms with Gasteiger partial charge in [0.05, 0.1) is 39.1 Å². The van der Waals surface area contributed by atoms with E-state index < -0.39 is 5.92 Å². The van der Waals surface area contributed by atoms with Gasteiger partial charge in [0.2, 0.25) is 5.91 Å². The standard InChI is InChI=1S/C16H23NO6/c1-13(16(20)21-2)12-17(7-10-22-11-8-18)15(19)6-5-14-4-3-9-23-14/h3-6,9,13,18H,7-8,10-12H2,1-2H3/b6-5+. The van der Waals surface area contributed by atoms with Gasteiger partial charge in [0.25, 0.3) is 0 Å². The van der Waals surface area contributed by atoms with Gasteiger partial charge in [0.15, 0.2) is 0 Å². The summed E-state index contributed by atoms with van der Waals surface area (Å²) in [5.74, 6) is -0.520. The zero-order valence-corrected chi connectivity index (χ0v) is 13.4. The Morgan fingerprint density at radius 1 is 1.43 bits per heavy atom. The van der Waals surface area contributed by atoms with Crippen molar-refractivity contribution in [2.24, 2.45) is 5.92 Å². The highest BCUT2D eigenvalue weighted by molar-refractivity contribution is 5.91. The maximum atomic E-state index is 12.3. The van der Waals surface area contributed by atoms with Crippen molar-refractivity contribution >= 4 is 18.0 Å². The van der Waals surface area contributed by atoms with Crippen molar-refractivity contribution in [1.82, 2.24) is 4.90 Å². The van der Waals surface area contributed by atoms with E-state index in [2.05, 4.69) is 4.74 Å². The summed E-state index contributed by atoms with van der Waals surface area (Å²) in [5.41, 5.74) is 0. The zero-order valence-electron chi connectivity index (χ0n) is 13.4. The largest absolute Gasteiger partial charge is 0.469 e. The molecule has 0 spiro atoms. The van der Waals surface area contributed by atoms with Crippen LogP contribution in [0, 0.1) is 5.92 Å². The van der Waals surface area contributed by atoms with Crippen LogP contribution in [0.2, 0.25) is 0 Å². The Morgan fingerprint density at radius 2 is 2.22 bits per heavy atom. The van der Waals surface area contributed by atoms with Crippen LogP contribution in [0.5, 0.6) is 0 Å². The number of aliphatic hydroxyl groups is 1. The molecule has 23 heavy (non-hydrogen) atoms. The second kappa shape index (κ2) is 10.6. The van der Waals surface area contributed by atoms with Crippen molar-refractivity contribution in [2.75, 3.05) is 40.0 Å². The van der Waals surface area contributed by atoms with E-state index in [0.717, 1.165) is 0 Å². The lowest BCUT2D eigenvalue weighted by atomic mass is 10.1. The van der Waals surface area contributed by atoms with Crippen molar-refractivity contribution in [3.05, 3.63) is 30.2 Å². The number of carbonyl (C=O) groups excluding carboxylic acids is 2. The number of carbonyl (C=O) groups is 2. The molecule has 7 heteroatoms. The van der Waals surface area contributed by atoms with E-state index in [0.29, 0.717) is 12.3 Å². The first kappa shape index (κ1) is 18.9. The second-order valence-electron chi connectivity index (χ2n) is 4.89. The van der Waals surface area contributed by atoms with Crippen LogP contribution < -0.4 is 0 Å². The Labute approximate surface area is 135 Å². The van der Waals surface area contributed by atoms with Gasteiger partial charge in [-0.15, -0.1) is 0 Å². The van der Waals surface area contributed by atoms with Gasteiger partial charge < -0.3 is 23.9 Å². The average Bonchev–Trinajstić information content (AvgIpc) is 3.07. The summed E-state index contributed by atoms with van der Waals surface area (Å²) in [6, 6.07) is 3.46. The third kappa shape index (κ3) is 7.12. The molecule has 1 aromatic heterocycles. The topological polar surface area (TPSA) is 89.2 Å². The van der Waals surface area contributed by atoms with Gasteiger partial charge in [-0.3, -0.25) is 9.59 Å². The summed E-state index contributed by atoms with van der Waals surface area (Å²) < 4.78 is 15.0. The van der Waals surface area contributed by atoms with E-state index in [9.17, 15) is 9.59 Å². The van der Waals surface area contributed by atoms with Gasteiger partial charge in [-0.25, -0.2) is 0 Å². The van der Waals surface area contributed by atoms with E-state index in [1.807, 2.05) is 0 Å². The summed E-state index contributed by atoms with van der Waals surface area (Å²) in [5, 5.41) is 8.69. The number of nitrogens with zero attached hydrogens (tertiary/aromatic N) is 1. The number of rotatable bonds is 10. The van der Waals surface area contributed by atoms with Gasteiger partial charge in [-0.05, 0) is 18.2 Å². The minimum atomic E-state index is -0.446. The zero-order chi connectivity index (χ0) is 17.1. The lowest BCUT2D eigenvalue weighted by Gasteiger charge is -2.23. The van der Waals surface area contributed by atoms with Crippen LogP contribution in [-0.2, 0) is 19.1 Å². The molecule has 0 aromatic carbocycles. The molecule has 0 aliphatic heterocycles. The lowest BCUT2D eigenvalue weighted by molar-refractivity contribution is -0.146. The third-order valence-electron chi connectivity index (χ3n) is 3.08. The predicted octanol–water partition coefficient (Wildman–Crippen LogP) is 0.939. The molecule has 0 aliphatic rings. The number of amides is 1.